The van der Waals surface area contributed by atoms with Crippen LogP contribution >= 0.6 is 19.0 Å². The van der Waals surface area contributed by atoms with E-state index in [9.17, 15) is 14.2 Å². The lowest BCUT2D eigenvalue weighted by Crippen LogP contribution is -2.48. The number of hydrogen-bond donors (Lipinski definition) is 2. The Morgan fingerprint density at radius 3 is 2.52 bits per heavy atom. The largest absolute Gasteiger partial charge is 0.386 e. The van der Waals surface area contributed by atoms with Gasteiger partial charge in [-0.3, -0.25) is 18.9 Å². The predicted octanol–water partition coefficient (Wildman–Crippen LogP) is 1.66. The maximum absolute atomic E-state index is 12.5. The summed E-state index contributed by atoms with van der Waals surface area (Å²) < 4.78 is 47.4. The van der Waals surface area contributed by atoms with Gasteiger partial charge in [-0.2, -0.15) is 0 Å². The molecular formula is C18H31N2O9PS. The van der Waals surface area contributed by atoms with Gasteiger partial charge in [0.15, 0.2) is 6.23 Å². The van der Waals surface area contributed by atoms with Crippen LogP contribution in [0.1, 0.15) is 32.6 Å². The highest BCUT2D eigenvalue weighted by Crippen LogP contribution is 2.57. The quantitative estimate of drug-likeness (QED) is 0.275. The summed E-state index contributed by atoms with van der Waals surface area (Å²) in [6, 6.07) is 0. The Hall–Kier alpha value is -0.980. The smallest absolute Gasteiger partial charge is 0.382 e. The van der Waals surface area contributed by atoms with Crippen LogP contribution < -0.4 is 11.2 Å². The number of aromatic amines is 1. The van der Waals surface area contributed by atoms with Crippen LogP contribution in [0, 0.1) is 6.92 Å². The molecule has 1 N–H and O–H groups in total. The van der Waals surface area contributed by atoms with Crippen molar-refractivity contribution in [3.63, 3.8) is 0 Å². The first kappa shape index (κ1) is 26.3. The molecule has 0 bridgehead atoms. The molecule has 2 unspecified atom stereocenters. The minimum absolute atomic E-state index is 0.146. The van der Waals surface area contributed by atoms with Gasteiger partial charge in [0.25, 0.3) is 5.56 Å². The van der Waals surface area contributed by atoms with Crippen LogP contribution in [0.2, 0.25) is 0 Å². The fraction of sp³-hybridized carbons (Fsp3) is 0.778. The molecule has 1 aliphatic rings. The van der Waals surface area contributed by atoms with Gasteiger partial charge < -0.3 is 23.5 Å². The number of H-pyrrole nitrogens is 1. The normalized spacial score (nSPS) is 26.2. The van der Waals surface area contributed by atoms with E-state index in [0.717, 1.165) is 0 Å². The fourth-order valence-electron chi connectivity index (χ4n) is 3.44. The van der Waals surface area contributed by atoms with E-state index in [1.807, 2.05) is 0 Å². The Morgan fingerprint density at radius 2 is 1.94 bits per heavy atom. The third kappa shape index (κ3) is 6.29. The molecule has 1 saturated heterocycles. The molecular weight excluding hydrogens is 451 g/mol. The molecule has 1 aromatic rings. The van der Waals surface area contributed by atoms with Crippen molar-refractivity contribution in [2.24, 2.45) is 0 Å². The molecule has 0 saturated carbocycles. The number of aromatic nitrogens is 2. The van der Waals surface area contributed by atoms with E-state index in [2.05, 4.69) is 17.2 Å². The Kier molecular flexibility index (Phi) is 9.12. The molecule has 2 rings (SSSR count). The molecule has 0 radical (unpaired) electrons. The monoisotopic (exact) mass is 482 g/mol. The zero-order chi connectivity index (χ0) is 23.4. The minimum atomic E-state index is -3.68. The molecule has 1 fully saturated rings. The molecule has 0 amide bonds. The van der Waals surface area contributed by atoms with Crippen molar-refractivity contribution in [2.75, 3.05) is 34.0 Å². The highest BCUT2D eigenvalue weighted by molar-refractivity contribution is 8.44. The standard InChI is InChI=1S/C18H31N2O9PS/c1-7-27-30(23,31)29-18(3,4)14-12(25-6)13(26-9-8-24-5)16(28-14)20-10-11(2)15(21)19-17(20)22/h10,12-14,16H,7-9H2,1-6H3,(H,23,31)(H,19,21,22)/t12-,13+,14?,16+,30?/m0/s1. The van der Waals surface area contributed by atoms with Gasteiger partial charge in [0, 0.05) is 26.0 Å². The van der Waals surface area contributed by atoms with Crippen LogP contribution in [0.4, 0.5) is 0 Å². The maximum atomic E-state index is 12.5. The number of nitrogens with one attached hydrogen (secondary N) is 1. The zero-order valence-electron chi connectivity index (χ0n) is 18.5. The average Bonchev–Trinajstić information content (AvgIpc) is 3.03. The minimum Gasteiger partial charge on any atom is -0.382 e. The van der Waals surface area contributed by atoms with Crippen LogP contribution in [0.3, 0.4) is 0 Å². The first-order valence-electron chi connectivity index (χ1n) is 9.76. The van der Waals surface area contributed by atoms with Gasteiger partial charge >= 0.3 is 12.5 Å². The van der Waals surface area contributed by atoms with Crippen molar-refractivity contribution in [1.29, 1.82) is 0 Å². The molecule has 2 heterocycles. The lowest BCUT2D eigenvalue weighted by Gasteiger charge is -2.35. The number of thiol groups is 1. The summed E-state index contributed by atoms with van der Waals surface area (Å²) in [5, 5.41) is 0. The van der Waals surface area contributed by atoms with Crippen LogP contribution in [0.5, 0.6) is 0 Å². The van der Waals surface area contributed by atoms with Gasteiger partial charge in [-0.15, -0.1) is 0 Å². The van der Waals surface area contributed by atoms with Crippen molar-refractivity contribution < 1.29 is 32.6 Å². The maximum Gasteiger partial charge on any atom is 0.386 e. The molecule has 1 aromatic heterocycles. The van der Waals surface area contributed by atoms with Crippen LogP contribution in [-0.2, 0) is 32.6 Å². The van der Waals surface area contributed by atoms with Gasteiger partial charge in [-0.05, 0) is 27.7 Å². The second kappa shape index (κ2) is 10.8. The number of hydrogen-bond acceptors (Lipinski definition) is 9. The van der Waals surface area contributed by atoms with Gasteiger partial charge in [-0.25, -0.2) is 9.36 Å². The SMILES string of the molecule is CCOP(=O)(S)OC(C)(C)C1O[C@@H](n2cc(C)c(=O)[nH]c2=O)[C@H](OCCOC)[C@@H]1OC. The lowest BCUT2D eigenvalue weighted by atomic mass is 9.95. The van der Waals surface area contributed by atoms with E-state index < -0.39 is 48.2 Å². The molecule has 5 atom stereocenters. The second-order valence-corrected chi connectivity index (χ2v) is 10.4. The summed E-state index contributed by atoms with van der Waals surface area (Å²) in [6.07, 6.45) is -1.86. The fourth-order valence-corrected chi connectivity index (χ4v) is 5.49. The second-order valence-electron chi connectivity index (χ2n) is 7.54. The zero-order valence-corrected chi connectivity index (χ0v) is 20.3. The van der Waals surface area contributed by atoms with E-state index in [0.29, 0.717) is 12.2 Å². The topological polar surface area (TPSA) is 127 Å². The number of ether oxygens (including phenoxy) is 4. The third-order valence-corrected chi connectivity index (χ3v) is 6.68. The number of methoxy groups -OCH3 is 2. The van der Waals surface area contributed by atoms with Crippen molar-refractivity contribution in [2.45, 2.75) is 57.8 Å². The van der Waals surface area contributed by atoms with Crippen LogP contribution in [-0.4, -0.2) is 67.5 Å². The summed E-state index contributed by atoms with van der Waals surface area (Å²) in [4.78, 5) is 26.6. The first-order chi connectivity index (χ1) is 14.5. The van der Waals surface area contributed by atoms with Crippen molar-refractivity contribution >= 4 is 19.0 Å². The molecule has 31 heavy (non-hydrogen) atoms. The van der Waals surface area contributed by atoms with E-state index in [4.69, 9.17) is 28.0 Å². The molecule has 0 aliphatic carbocycles. The summed E-state index contributed by atoms with van der Waals surface area (Å²) in [6.45, 7) is 3.52. The molecule has 178 valence electrons. The highest BCUT2D eigenvalue weighted by Gasteiger charge is 2.55. The summed E-state index contributed by atoms with van der Waals surface area (Å²) >= 11 is 4.01. The van der Waals surface area contributed by atoms with Crippen molar-refractivity contribution in [3.8, 4) is 0 Å². The molecule has 13 heteroatoms. The van der Waals surface area contributed by atoms with Gasteiger partial charge in [-0.1, -0.05) is 12.2 Å². The van der Waals surface area contributed by atoms with E-state index in [1.165, 1.54) is 25.0 Å². The molecule has 11 nitrogen and oxygen atoms in total. The molecule has 0 spiro atoms. The number of aryl methyl sites for hydroxylation is 1. The first-order valence-corrected chi connectivity index (χ1v) is 12.5. The lowest BCUT2D eigenvalue weighted by molar-refractivity contribution is -0.119. The van der Waals surface area contributed by atoms with Crippen molar-refractivity contribution in [3.05, 3.63) is 32.6 Å². The molecule has 0 aromatic carbocycles. The summed E-state index contributed by atoms with van der Waals surface area (Å²) in [7, 11) is 3.00. The average molecular weight is 482 g/mol. The van der Waals surface area contributed by atoms with Crippen LogP contribution in [0.25, 0.3) is 0 Å². The van der Waals surface area contributed by atoms with Gasteiger partial charge in [0.2, 0.25) is 0 Å². The Labute approximate surface area is 186 Å². The summed E-state index contributed by atoms with van der Waals surface area (Å²) in [5.74, 6) is 0. The van der Waals surface area contributed by atoms with E-state index in [1.54, 1.807) is 27.7 Å². The molecule has 1 aliphatic heterocycles. The predicted molar refractivity (Wildman–Crippen MR) is 116 cm³/mol. The third-order valence-electron chi connectivity index (χ3n) is 4.81. The van der Waals surface area contributed by atoms with E-state index >= 15 is 0 Å². The van der Waals surface area contributed by atoms with Gasteiger partial charge in [0.05, 0.1) is 19.8 Å². The van der Waals surface area contributed by atoms with Gasteiger partial charge in [0.1, 0.15) is 23.9 Å². The van der Waals surface area contributed by atoms with E-state index in [-0.39, 0.29) is 13.2 Å². The van der Waals surface area contributed by atoms with Crippen molar-refractivity contribution in [1.82, 2.24) is 9.55 Å². The Bertz CT molecular complexity index is 903. The Balaban J connectivity index is 2.45. The number of nitrogens with zero attached hydrogens (tertiary/aromatic N) is 1. The number of rotatable bonds is 11. The summed E-state index contributed by atoms with van der Waals surface area (Å²) in [5.41, 5.74) is -2.04. The highest BCUT2D eigenvalue weighted by atomic mass is 32.7. The van der Waals surface area contributed by atoms with Crippen LogP contribution in [0.15, 0.2) is 15.8 Å². The Morgan fingerprint density at radius 1 is 1.26 bits per heavy atom.